The monoisotopic (exact) mass is 274 g/mol. The Hall–Kier alpha value is -2.70. The summed E-state index contributed by atoms with van der Waals surface area (Å²) in [5.41, 5.74) is 1.62. The van der Waals surface area contributed by atoms with Crippen LogP contribution in [0.2, 0.25) is 0 Å². The molecule has 0 saturated carbocycles. The molecule has 1 aromatic carbocycles. The topological polar surface area (TPSA) is 90.1 Å². The number of nitro groups is 1. The number of amides is 1. The van der Waals surface area contributed by atoms with Gasteiger partial charge in [0.2, 0.25) is 0 Å². The third-order valence-electron chi connectivity index (χ3n) is 2.94. The molecule has 2 aromatic rings. The van der Waals surface area contributed by atoms with Gasteiger partial charge in [-0.1, -0.05) is 18.2 Å². The van der Waals surface area contributed by atoms with E-state index >= 15 is 0 Å². The summed E-state index contributed by atoms with van der Waals surface area (Å²) in [6.07, 6.45) is 1.15. The quantitative estimate of drug-likeness (QED) is 0.682. The standard InChI is InChI=1S/C13H14N4O3/c1-9-5-3-4-6-11(9)15-12(18)8-16-10(2)14-7-13(16)17(19)20/h3-7H,8H2,1-2H3,(H,15,18). The van der Waals surface area contributed by atoms with E-state index in [-0.39, 0.29) is 18.3 Å². The van der Waals surface area contributed by atoms with Crippen LogP contribution in [0, 0.1) is 24.0 Å². The molecular formula is C13H14N4O3. The lowest BCUT2D eigenvalue weighted by molar-refractivity contribution is -0.392. The van der Waals surface area contributed by atoms with E-state index in [0.29, 0.717) is 11.5 Å². The normalized spacial score (nSPS) is 10.3. The van der Waals surface area contributed by atoms with Crippen LogP contribution in [-0.4, -0.2) is 20.4 Å². The molecule has 0 unspecified atom stereocenters. The fraction of sp³-hybridized carbons (Fsp3) is 0.231. The van der Waals surface area contributed by atoms with Crippen molar-refractivity contribution in [3.63, 3.8) is 0 Å². The molecule has 0 atom stereocenters. The Bertz CT molecular complexity index is 663. The number of aryl methyl sites for hydroxylation is 2. The molecule has 0 aliphatic rings. The van der Waals surface area contributed by atoms with Crippen LogP contribution in [0.15, 0.2) is 30.5 Å². The van der Waals surface area contributed by atoms with Crippen LogP contribution >= 0.6 is 0 Å². The van der Waals surface area contributed by atoms with Crippen molar-refractivity contribution >= 4 is 17.4 Å². The second-order valence-electron chi connectivity index (χ2n) is 4.37. The minimum atomic E-state index is -0.555. The Balaban J connectivity index is 2.15. The van der Waals surface area contributed by atoms with Crippen molar-refractivity contribution < 1.29 is 9.72 Å². The molecule has 0 fully saturated rings. The van der Waals surface area contributed by atoms with E-state index in [0.717, 1.165) is 11.8 Å². The molecule has 1 heterocycles. The summed E-state index contributed by atoms with van der Waals surface area (Å²) in [6, 6.07) is 7.34. The number of carbonyl (C=O) groups is 1. The average molecular weight is 274 g/mol. The van der Waals surface area contributed by atoms with E-state index in [2.05, 4.69) is 10.3 Å². The number of hydrogen-bond donors (Lipinski definition) is 1. The summed E-state index contributed by atoms with van der Waals surface area (Å²) < 4.78 is 1.27. The van der Waals surface area contributed by atoms with E-state index in [4.69, 9.17) is 0 Å². The molecule has 0 spiro atoms. The van der Waals surface area contributed by atoms with Gasteiger partial charge >= 0.3 is 5.82 Å². The summed E-state index contributed by atoms with van der Waals surface area (Å²) in [6.45, 7) is 3.35. The molecule has 1 aromatic heterocycles. The van der Waals surface area contributed by atoms with E-state index in [9.17, 15) is 14.9 Å². The summed E-state index contributed by atoms with van der Waals surface area (Å²) in [4.78, 5) is 26.1. The largest absolute Gasteiger partial charge is 0.358 e. The van der Waals surface area contributed by atoms with E-state index < -0.39 is 4.92 Å². The molecule has 7 heteroatoms. The highest BCUT2D eigenvalue weighted by atomic mass is 16.6. The van der Waals surface area contributed by atoms with Crippen molar-refractivity contribution in [2.45, 2.75) is 20.4 Å². The van der Waals surface area contributed by atoms with Crippen molar-refractivity contribution in [3.8, 4) is 0 Å². The number of carbonyl (C=O) groups excluding carboxylic acids is 1. The fourth-order valence-electron chi connectivity index (χ4n) is 1.84. The molecule has 7 nitrogen and oxygen atoms in total. The Morgan fingerprint density at radius 2 is 2.10 bits per heavy atom. The molecule has 1 amide bonds. The highest BCUT2D eigenvalue weighted by Gasteiger charge is 2.20. The van der Waals surface area contributed by atoms with Gasteiger partial charge in [0.05, 0.1) is 0 Å². The van der Waals surface area contributed by atoms with E-state index in [1.165, 1.54) is 4.57 Å². The lowest BCUT2D eigenvalue weighted by Gasteiger charge is -2.07. The van der Waals surface area contributed by atoms with Crippen LogP contribution in [0.1, 0.15) is 11.4 Å². The number of nitrogens with one attached hydrogen (secondary N) is 1. The molecule has 0 aliphatic carbocycles. The van der Waals surface area contributed by atoms with E-state index in [1.54, 1.807) is 13.0 Å². The van der Waals surface area contributed by atoms with Crippen molar-refractivity contribution in [2.24, 2.45) is 0 Å². The number of rotatable bonds is 4. The van der Waals surface area contributed by atoms with Crippen molar-refractivity contribution in [1.29, 1.82) is 0 Å². The molecular weight excluding hydrogens is 260 g/mol. The lowest BCUT2D eigenvalue weighted by atomic mass is 10.2. The minimum absolute atomic E-state index is 0.142. The van der Waals surface area contributed by atoms with Gasteiger partial charge in [0.25, 0.3) is 5.91 Å². The Labute approximate surface area is 115 Å². The maximum atomic E-state index is 12.0. The van der Waals surface area contributed by atoms with Gasteiger partial charge in [0.15, 0.2) is 12.4 Å². The van der Waals surface area contributed by atoms with Crippen LogP contribution in [-0.2, 0) is 11.3 Å². The van der Waals surface area contributed by atoms with Gasteiger partial charge in [0.1, 0.15) is 6.20 Å². The molecule has 0 saturated heterocycles. The molecule has 0 aliphatic heterocycles. The number of aromatic nitrogens is 2. The van der Waals surface area contributed by atoms with Gasteiger partial charge in [-0.2, -0.15) is 0 Å². The van der Waals surface area contributed by atoms with Gasteiger partial charge in [-0.3, -0.25) is 4.79 Å². The number of benzene rings is 1. The molecule has 1 N–H and O–H groups in total. The van der Waals surface area contributed by atoms with Crippen LogP contribution in [0.5, 0.6) is 0 Å². The third-order valence-corrected chi connectivity index (χ3v) is 2.94. The predicted molar refractivity (Wildman–Crippen MR) is 73.4 cm³/mol. The molecule has 104 valence electrons. The number of anilines is 1. The zero-order valence-corrected chi connectivity index (χ0v) is 11.2. The van der Waals surface area contributed by atoms with Crippen LogP contribution in [0.4, 0.5) is 11.5 Å². The first-order valence-corrected chi connectivity index (χ1v) is 6.01. The lowest BCUT2D eigenvalue weighted by Crippen LogP contribution is -2.20. The predicted octanol–water partition coefficient (Wildman–Crippen LogP) is 2.05. The van der Waals surface area contributed by atoms with Crippen molar-refractivity contribution in [2.75, 3.05) is 5.32 Å². The SMILES string of the molecule is Cc1ccccc1NC(=O)Cn1c([N+](=O)[O-])cnc1C. The second kappa shape index (κ2) is 5.52. The van der Waals surface area contributed by atoms with Crippen LogP contribution in [0.25, 0.3) is 0 Å². The minimum Gasteiger partial charge on any atom is -0.358 e. The van der Waals surface area contributed by atoms with Gasteiger partial charge in [0, 0.05) is 12.6 Å². The number of para-hydroxylation sites is 1. The van der Waals surface area contributed by atoms with Gasteiger partial charge in [-0.15, -0.1) is 0 Å². The van der Waals surface area contributed by atoms with Gasteiger partial charge in [-0.05, 0) is 23.5 Å². The molecule has 0 radical (unpaired) electrons. The summed E-state index contributed by atoms with van der Waals surface area (Å²) in [5, 5.41) is 13.6. The number of hydrogen-bond acceptors (Lipinski definition) is 4. The highest BCUT2D eigenvalue weighted by molar-refractivity contribution is 5.91. The van der Waals surface area contributed by atoms with E-state index in [1.807, 2.05) is 25.1 Å². The Kier molecular flexibility index (Phi) is 3.79. The average Bonchev–Trinajstić information content (AvgIpc) is 2.74. The first-order chi connectivity index (χ1) is 9.49. The maximum absolute atomic E-state index is 12.0. The van der Waals surface area contributed by atoms with Gasteiger partial charge < -0.3 is 15.4 Å². The number of imidazole rings is 1. The summed E-state index contributed by atoms with van der Waals surface area (Å²) >= 11 is 0. The van der Waals surface area contributed by atoms with Crippen molar-refractivity contribution in [1.82, 2.24) is 9.55 Å². The Morgan fingerprint density at radius 3 is 2.75 bits per heavy atom. The van der Waals surface area contributed by atoms with Crippen LogP contribution < -0.4 is 5.32 Å². The van der Waals surface area contributed by atoms with Gasteiger partial charge in [-0.25, -0.2) is 9.55 Å². The smallest absolute Gasteiger partial charge is 0.343 e. The Morgan fingerprint density at radius 1 is 1.40 bits per heavy atom. The summed E-state index contributed by atoms with van der Waals surface area (Å²) in [7, 11) is 0. The number of nitrogens with zero attached hydrogens (tertiary/aromatic N) is 3. The van der Waals surface area contributed by atoms with Crippen molar-refractivity contribution in [3.05, 3.63) is 52.0 Å². The third kappa shape index (κ3) is 2.82. The molecule has 0 bridgehead atoms. The molecule has 2 rings (SSSR count). The highest BCUT2D eigenvalue weighted by Crippen LogP contribution is 2.16. The van der Waals surface area contributed by atoms with Crippen LogP contribution in [0.3, 0.4) is 0 Å². The first-order valence-electron chi connectivity index (χ1n) is 6.01. The first kappa shape index (κ1) is 13.7. The fourth-order valence-corrected chi connectivity index (χ4v) is 1.84. The second-order valence-corrected chi connectivity index (χ2v) is 4.37. The summed E-state index contributed by atoms with van der Waals surface area (Å²) in [5.74, 6) is -0.0948. The maximum Gasteiger partial charge on any atom is 0.343 e. The molecule has 20 heavy (non-hydrogen) atoms. The zero-order valence-electron chi connectivity index (χ0n) is 11.2. The zero-order chi connectivity index (χ0) is 14.7.